The number of hydrogen-bond donors (Lipinski definition) is 1. The van der Waals surface area contributed by atoms with Crippen molar-refractivity contribution in [3.8, 4) is 0 Å². The van der Waals surface area contributed by atoms with E-state index >= 15 is 0 Å². The lowest BCUT2D eigenvalue weighted by molar-refractivity contribution is -0.136. The van der Waals surface area contributed by atoms with Gasteiger partial charge in [0.05, 0.1) is 6.61 Å². The summed E-state index contributed by atoms with van der Waals surface area (Å²) < 4.78 is 73.9. The molecular weight excluding hydrogens is 348 g/mol. The van der Waals surface area contributed by atoms with Crippen molar-refractivity contribution in [1.29, 1.82) is 0 Å². The Morgan fingerprint density at radius 1 is 0.680 bits per heavy atom. The van der Waals surface area contributed by atoms with E-state index in [9.17, 15) is 26.3 Å². The molecule has 2 nitrogen and oxygen atoms in total. The van der Waals surface area contributed by atoms with Crippen LogP contribution >= 0.6 is 0 Å². The Morgan fingerprint density at radius 3 is 1.36 bits per heavy atom. The number of halogens is 6. The zero-order chi connectivity index (χ0) is 18.9. The summed E-state index contributed by atoms with van der Waals surface area (Å²) in [5, 5.41) is 0. The van der Waals surface area contributed by atoms with Gasteiger partial charge in [-0.05, 0) is 62.7 Å². The molecule has 1 aliphatic carbocycles. The van der Waals surface area contributed by atoms with Gasteiger partial charge < -0.3 is 4.84 Å². The van der Waals surface area contributed by atoms with Crippen molar-refractivity contribution in [3.05, 3.63) is 0 Å². The number of alkyl halides is 6. The third-order valence-electron chi connectivity index (χ3n) is 5.02. The Labute approximate surface area is 145 Å². The first-order valence-corrected chi connectivity index (χ1v) is 9.04. The molecule has 2 unspecified atom stereocenters. The van der Waals surface area contributed by atoms with Crippen LogP contribution in [0.2, 0.25) is 0 Å². The summed E-state index contributed by atoms with van der Waals surface area (Å²) in [6, 6.07) is 0. The van der Waals surface area contributed by atoms with Crippen molar-refractivity contribution in [3.63, 3.8) is 0 Å². The Kier molecular flexibility index (Phi) is 9.56. The van der Waals surface area contributed by atoms with Gasteiger partial charge in [-0.2, -0.15) is 26.3 Å². The predicted octanol–water partition coefficient (Wildman–Crippen LogP) is 6.15. The van der Waals surface area contributed by atoms with Crippen LogP contribution in [0, 0.1) is 17.8 Å². The van der Waals surface area contributed by atoms with Crippen molar-refractivity contribution in [2.75, 3.05) is 6.61 Å². The minimum Gasteiger partial charge on any atom is -0.305 e. The molecule has 2 atom stereocenters. The van der Waals surface area contributed by atoms with Gasteiger partial charge in [-0.1, -0.05) is 12.8 Å². The zero-order valence-electron chi connectivity index (χ0n) is 14.5. The number of hydrogen-bond acceptors (Lipinski definition) is 2. The maximum atomic E-state index is 12.3. The summed E-state index contributed by atoms with van der Waals surface area (Å²) >= 11 is 0. The van der Waals surface area contributed by atoms with Crippen LogP contribution < -0.4 is 5.90 Å². The molecule has 0 amide bonds. The van der Waals surface area contributed by atoms with Gasteiger partial charge in [0.25, 0.3) is 0 Å². The van der Waals surface area contributed by atoms with Crippen LogP contribution in [-0.2, 0) is 4.84 Å². The molecule has 0 bridgehead atoms. The van der Waals surface area contributed by atoms with Gasteiger partial charge in [-0.15, -0.1) is 0 Å². The molecular formula is C17H29F6NO. The number of rotatable bonds is 10. The van der Waals surface area contributed by atoms with Crippen LogP contribution in [-0.4, -0.2) is 19.0 Å². The minimum absolute atomic E-state index is 0.0993. The van der Waals surface area contributed by atoms with Gasteiger partial charge in [-0.25, -0.2) is 5.90 Å². The van der Waals surface area contributed by atoms with Crippen LogP contribution in [0.25, 0.3) is 0 Å². The molecule has 0 aliphatic heterocycles. The normalized spacial score (nSPS) is 25.3. The summed E-state index contributed by atoms with van der Waals surface area (Å²) in [7, 11) is 0. The quantitative estimate of drug-likeness (QED) is 0.281. The third kappa shape index (κ3) is 11.7. The van der Waals surface area contributed by atoms with Gasteiger partial charge in [0.1, 0.15) is 0 Å². The molecule has 0 aromatic heterocycles. The molecule has 0 saturated heterocycles. The van der Waals surface area contributed by atoms with E-state index in [0.29, 0.717) is 25.4 Å². The SMILES string of the molecule is NOCCCC1CC(CCCC(F)(F)F)CC(CCCC(F)(F)F)C1. The molecule has 0 aromatic carbocycles. The highest BCUT2D eigenvalue weighted by Gasteiger charge is 2.32. The molecule has 25 heavy (non-hydrogen) atoms. The van der Waals surface area contributed by atoms with E-state index in [-0.39, 0.29) is 24.7 Å². The highest BCUT2D eigenvalue weighted by molar-refractivity contribution is 4.80. The summed E-state index contributed by atoms with van der Waals surface area (Å²) in [6.45, 7) is 0.425. The Hall–Kier alpha value is -0.500. The van der Waals surface area contributed by atoms with Crippen molar-refractivity contribution in [1.82, 2.24) is 0 Å². The lowest BCUT2D eigenvalue weighted by atomic mass is 9.71. The fourth-order valence-electron chi connectivity index (χ4n) is 4.05. The molecule has 1 saturated carbocycles. The first kappa shape index (κ1) is 22.5. The van der Waals surface area contributed by atoms with Gasteiger partial charge in [0.15, 0.2) is 0 Å². The Bertz CT molecular complexity index is 330. The van der Waals surface area contributed by atoms with Gasteiger partial charge in [0.2, 0.25) is 0 Å². The zero-order valence-corrected chi connectivity index (χ0v) is 14.5. The van der Waals surface area contributed by atoms with E-state index in [1.54, 1.807) is 0 Å². The first-order valence-electron chi connectivity index (χ1n) is 9.04. The van der Waals surface area contributed by atoms with Crippen LogP contribution in [0.1, 0.15) is 70.6 Å². The summed E-state index contributed by atoms with van der Waals surface area (Å²) in [6.07, 6.45) is -4.55. The average molecular weight is 377 g/mol. The highest BCUT2D eigenvalue weighted by Crippen LogP contribution is 2.41. The molecule has 8 heteroatoms. The van der Waals surface area contributed by atoms with E-state index in [0.717, 1.165) is 32.1 Å². The smallest absolute Gasteiger partial charge is 0.305 e. The fraction of sp³-hybridized carbons (Fsp3) is 1.00. The van der Waals surface area contributed by atoms with Crippen molar-refractivity contribution >= 4 is 0 Å². The van der Waals surface area contributed by atoms with E-state index in [1.807, 2.05) is 0 Å². The van der Waals surface area contributed by atoms with Crippen molar-refractivity contribution in [2.24, 2.45) is 23.7 Å². The van der Waals surface area contributed by atoms with Gasteiger partial charge in [-0.3, -0.25) is 0 Å². The van der Waals surface area contributed by atoms with E-state index in [4.69, 9.17) is 5.90 Å². The molecule has 0 spiro atoms. The van der Waals surface area contributed by atoms with Crippen molar-refractivity contribution < 1.29 is 31.2 Å². The lowest BCUT2D eigenvalue weighted by Crippen LogP contribution is -2.24. The Balaban J connectivity index is 2.46. The average Bonchev–Trinajstić information content (AvgIpc) is 2.45. The lowest BCUT2D eigenvalue weighted by Gasteiger charge is -2.35. The fourth-order valence-corrected chi connectivity index (χ4v) is 4.05. The molecule has 0 aromatic rings. The first-order chi connectivity index (χ1) is 11.6. The standard InChI is InChI=1S/C17H29F6NO/c18-16(19,20)7-1-4-13-10-14(5-2-8-17(21,22)23)12-15(11-13)6-3-9-25-24/h13-15H,1-12,24H2. The summed E-state index contributed by atoms with van der Waals surface area (Å²) in [5.41, 5.74) is 0. The largest absolute Gasteiger partial charge is 0.389 e. The van der Waals surface area contributed by atoms with Crippen LogP contribution in [0.15, 0.2) is 0 Å². The van der Waals surface area contributed by atoms with Crippen molar-refractivity contribution in [2.45, 2.75) is 83.0 Å². The summed E-state index contributed by atoms with van der Waals surface area (Å²) in [5.74, 6) is 5.70. The minimum atomic E-state index is -4.14. The predicted molar refractivity (Wildman–Crippen MR) is 83.5 cm³/mol. The third-order valence-corrected chi connectivity index (χ3v) is 5.02. The maximum absolute atomic E-state index is 12.3. The highest BCUT2D eigenvalue weighted by atomic mass is 19.4. The monoisotopic (exact) mass is 377 g/mol. The summed E-state index contributed by atoms with van der Waals surface area (Å²) in [4.78, 5) is 4.54. The molecule has 0 radical (unpaired) electrons. The van der Waals surface area contributed by atoms with E-state index < -0.39 is 25.2 Å². The second-order valence-corrected chi connectivity index (χ2v) is 7.33. The molecule has 150 valence electrons. The van der Waals surface area contributed by atoms with Gasteiger partial charge >= 0.3 is 12.4 Å². The van der Waals surface area contributed by atoms with E-state index in [1.165, 1.54) is 0 Å². The Morgan fingerprint density at radius 2 is 1.04 bits per heavy atom. The second kappa shape index (κ2) is 10.6. The maximum Gasteiger partial charge on any atom is 0.389 e. The molecule has 1 fully saturated rings. The molecule has 0 heterocycles. The van der Waals surface area contributed by atoms with Crippen LogP contribution in [0.4, 0.5) is 26.3 Å². The van der Waals surface area contributed by atoms with Crippen LogP contribution in [0.3, 0.4) is 0 Å². The van der Waals surface area contributed by atoms with E-state index in [2.05, 4.69) is 4.84 Å². The molecule has 1 rings (SSSR count). The molecule has 1 aliphatic rings. The topological polar surface area (TPSA) is 35.2 Å². The van der Waals surface area contributed by atoms with Gasteiger partial charge in [0, 0.05) is 12.8 Å². The van der Waals surface area contributed by atoms with Crippen LogP contribution in [0.5, 0.6) is 0 Å². The second-order valence-electron chi connectivity index (χ2n) is 7.33. The molecule has 2 N–H and O–H groups in total. The number of nitrogens with two attached hydrogens (primary N) is 1.